The van der Waals surface area contributed by atoms with Crippen molar-refractivity contribution in [3.63, 3.8) is 0 Å². The van der Waals surface area contributed by atoms with Crippen molar-refractivity contribution in [2.75, 3.05) is 26.7 Å². The number of rotatable bonds is 7. The smallest absolute Gasteiger partial charge is 0.237 e. The fourth-order valence-electron chi connectivity index (χ4n) is 3.00. The zero-order valence-electron chi connectivity index (χ0n) is 14.4. The molecule has 3 rings (SSSR count). The third kappa shape index (κ3) is 4.69. The van der Waals surface area contributed by atoms with Gasteiger partial charge >= 0.3 is 0 Å². The first-order chi connectivity index (χ1) is 12.1. The van der Waals surface area contributed by atoms with Crippen LogP contribution in [0.15, 0.2) is 18.2 Å². The molecule has 1 heterocycles. The Hall–Kier alpha value is -2.15. The van der Waals surface area contributed by atoms with E-state index in [2.05, 4.69) is 10.6 Å². The molecule has 2 fully saturated rings. The molecule has 7 heteroatoms. The second-order valence-electron chi connectivity index (χ2n) is 6.69. The molecular weight excluding hydrogens is 325 g/mol. The Bertz CT molecular complexity index is 648. The molecule has 2 aliphatic rings. The van der Waals surface area contributed by atoms with Gasteiger partial charge in [0, 0.05) is 37.8 Å². The maximum Gasteiger partial charge on any atom is 0.237 e. The van der Waals surface area contributed by atoms with E-state index in [1.165, 1.54) is 13.2 Å². The number of halogens is 1. The zero-order valence-corrected chi connectivity index (χ0v) is 14.4. The predicted molar refractivity (Wildman–Crippen MR) is 90.5 cm³/mol. The SMILES string of the molecule is COc1ccc(CN2CCNC(=O)[C@@H]2CC(=O)NCC2CC2)c(F)c1. The van der Waals surface area contributed by atoms with Crippen LogP contribution in [0.5, 0.6) is 5.75 Å². The number of hydrogen-bond donors (Lipinski definition) is 2. The molecule has 1 aliphatic carbocycles. The molecule has 2 N–H and O–H groups in total. The van der Waals surface area contributed by atoms with Crippen LogP contribution in [-0.4, -0.2) is 49.5 Å². The number of amides is 2. The van der Waals surface area contributed by atoms with Crippen molar-refractivity contribution in [3.8, 4) is 5.75 Å². The number of benzene rings is 1. The van der Waals surface area contributed by atoms with E-state index in [1.807, 2.05) is 4.90 Å². The first-order valence-electron chi connectivity index (χ1n) is 8.67. The summed E-state index contributed by atoms with van der Waals surface area (Å²) in [4.78, 5) is 26.2. The second-order valence-corrected chi connectivity index (χ2v) is 6.69. The molecule has 0 radical (unpaired) electrons. The number of nitrogens with zero attached hydrogens (tertiary/aromatic N) is 1. The van der Waals surface area contributed by atoms with Crippen molar-refractivity contribution in [3.05, 3.63) is 29.6 Å². The Kier molecular flexibility index (Phi) is 5.53. The van der Waals surface area contributed by atoms with E-state index in [4.69, 9.17) is 4.74 Å². The highest BCUT2D eigenvalue weighted by atomic mass is 19.1. The molecule has 1 atom stereocenters. The zero-order chi connectivity index (χ0) is 17.8. The lowest BCUT2D eigenvalue weighted by atomic mass is 10.1. The monoisotopic (exact) mass is 349 g/mol. The van der Waals surface area contributed by atoms with E-state index in [1.54, 1.807) is 12.1 Å². The maximum absolute atomic E-state index is 14.2. The lowest BCUT2D eigenvalue weighted by molar-refractivity contribution is -0.134. The molecule has 0 aromatic heterocycles. The van der Waals surface area contributed by atoms with Gasteiger partial charge in [-0.15, -0.1) is 0 Å². The Morgan fingerprint density at radius 3 is 2.92 bits per heavy atom. The summed E-state index contributed by atoms with van der Waals surface area (Å²) in [6, 6.07) is 4.11. The van der Waals surface area contributed by atoms with E-state index in [0.29, 0.717) is 36.9 Å². The summed E-state index contributed by atoms with van der Waals surface area (Å²) in [5.74, 6) is 0.362. The summed E-state index contributed by atoms with van der Waals surface area (Å²) < 4.78 is 19.2. The van der Waals surface area contributed by atoms with Crippen LogP contribution in [-0.2, 0) is 16.1 Å². The van der Waals surface area contributed by atoms with Crippen LogP contribution in [0.4, 0.5) is 4.39 Å². The predicted octanol–water partition coefficient (Wildman–Crippen LogP) is 1.05. The van der Waals surface area contributed by atoms with Crippen molar-refractivity contribution in [2.24, 2.45) is 5.92 Å². The molecule has 136 valence electrons. The fraction of sp³-hybridized carbons (Fsp3) is 0.556. The van der Waals surface area contributed by atoms with Gasteiger partial charge in [-0.05, 0) is 24.8 Å². The largest absolute Gasteiger partial charge is 0.497 e. The molecule has 1 saturated carbocycles. The fourth-order valence-corrected chi connectivity index (χ4v) is 3.00. The molecule has 0 bridgehead atoms. The quantitative estimate of drug-likeness (QED) is 0.772. The second kappa shape index (κ2) is 7.82. The molecule has 25 heavy (non-hydrogen) atoms. The lowest BCUT2D eigenvalue weighted by Gasteiger charge is -2.34. The minimum atomic E-state index is -0.575. The topological polar surface area (TPSA) is 70.7 Å². The number of ether oxygens (including phenoxy) is 1. The van der Waals surface area contributed by atoms with Crippen LogP contribution in [0.25, 0.3) is 0 Å². The van der Waals surface area contributed by atoms with Gasteiger partial charge in [-0.2, -0.15) is 0 Å². The molecule has 0 spiro atoms. The molecule has 1 aromatic rings. The number of nitrogens with one attached hydrogen (secondary N) is 2. The van der Waals surface area contributed by atoms with Crippen LogP contribution in [0.2, 0.25) is 0 Å². The van der Waals surface area contributed by atoms with E-state index in [-0.39, 0.29) is 30.6 Å². The maximum atomic E-state index is 14.2. The van der Waals surface area contributed by atoms with Crippen LogP contribution >= 0.6 is 0 Å². The first kappa shape index (κ1) is 17.7. The molecule has 6 nitrogen and oxygen atoms in total. The third-order valence-electron chi connectivity index (χ3n) is 4.74. The van der Waals surface area contributed by atoms with E-state index >= 15 is 0 Å². The number of methoxy groups -OCH3 is 1. The van der Waals surface area contributed by atoms with Gasteiger partial charge in [0.05, 0.1) is 19.6 Å². The van der Waals surface area contributed by atoms with Crippen molar-refractivity contribution < 1.29 is 18.7 Å². The van der Waals surface area contributed by atoms with Crippen molar-refractivity contribution in [1.82, 2.24) is 15.5 Å². The van der Waals surface area contributed by atoms with Gasteiger partial charge in [0.25, 0.3) is 0 Å². The number of hydrogen-bond acceptors (Lipinski definition) is 4. The standard InChI is InChI=1S/C18H24FN3O3/c1-25-14-5-4-13(15(19)8-14)11-22-7-6-20-18(24)16(22)9-17(23)21-10-12-2-3-12/h4-5,8,12,16H,2-3,6-7,9-11H2,1H3,(H,20,24)(H,21,23)/t16-/m0/s1. The normalized spacial score (nSPS) is 20.9. The number of carbonyl (C=O) groups is 2. The molecule has 2 amide bonds. The van der Waals surface area contributed by atoms with E-state index in [0.717, 1.165) is 12.8 Å². The third-order valence-corrected chi connectivity index (χ3v) is 4.74. The van der Waals surface area contributed by atoms with Gasteiger partial charge < -0.3 is 15.4 Å². The van der Waals surface area contributed by atoms with Gasteiger partial charge in [0.1, 0.15) is 11.6 Å². The average molecular weight is 349 g/mol. The molecule has 0 unspecified atom stereocenters. The summed E-state index contributed by atoms with van der Waals surface area (Å²) >= 11 is 0. The van der Waals surface area contributed by atoms with Gasteiger partial charge in [0.15, 0.2) is 0 Å². The van der Waals surface area contributed by atoms with Gasteiger partial charge in [0.2, 0.25) is 11.8 Å². The van der Waals surface area contributed by atoms with Crippen LogP contribution < -0.4 is 15.4 Å². The summed E-state index contributed by atoms with van der Waals surface area (Å²) in [5.41, 5.74) is 0.485. The number of carbonyl (C=O) groups excluding carboxylic acids is 2. The average Bonchev–Trinajstić information content (AvgIpc) is 3.42. The van der Waals surface area contributed by atoms with E-state index < -0.39 is 6.04 Å². The Labute approximate surface area is 146 Å². The van der Waals surface area contributed by atoms with Crippen molar-refractivity contribution in [2.45, 2.75) is 31.8 Å². The molecule has 1 saturated heterocycles. The first-order valence-corrected chi connectivity index (χ1v) is 8.67. The van der Waals surface area contributed by atoms with Crippen LogP contribution in [0, 0.1) is 11.7 Å². The summed E-state index contributed by atoms with van der Waals surface area (Å²) in [6.45, 7) is 2.04. The highest BCUT2D eigenvalue weighted by Gasteiger charge is 2.32. The minimum Gasteiger partial charge on any atom is -0.497 e. The molecule has 1 aromatic carbocycles. The Morgan fingerprint density at radius 1 is 1.44 bits per heavy atom. The van der Waals surface area contributed by atoms with Crippen molar-refractivity contribution in [1.29, 1.82) is 0 Å². The summed E-state index contributed by atoms with van der Waals surface area (Å²) in [6.07, 6.45) is 2.41. The van der Waals surface area contributed by atoms with Crippen LogP contribution in [0.3, 0.4) is 0 Å². The van der Waals surface area contributed by atoms with E-state index in [9.17, 15) is 14.0 Å². The summed E-state index contributed by atoms with van der Waals surface area (Å²) in [5, 5.41) is 5.68. The Morgan fingerprint density at radius 2 is 2.24 bits per heavy atom. The summed E-state index contributed by atoms with van der Waals surface area (Å²) in [7, 11) is 1.49. The lowest BCUT2D eigenvalue weighted by Crippen LogP contribution is -2.56. The highest BCUT2D eigenvalue weighted by Crippen LogP contribution is 2.27. The van der Waals surface area contributed by atoms with Gasteiger partial charge in [-0.3, -0.25) is 14.5 Å². The minimum absolute atomic E-state index is 0.0936. The van der Waals surface area contributed by atoms with Crippen molar-refractivity contribution >= 4 is 11.8 Å². The van der Waals surface area contributed by atoms with Crippen LogP contribution in [0.1, 0.15) is 24.8 Å². The molecular formula is C18H24FN3O3. The van der Waals surface area contributed by atoms with Gasteiger partial charge in [-0.1, -0.05) is 6.07 Å². The van der Waals surface area contributed by atoms with Gasteiger partial charge in [-0.25, -0.2) is 4.39 Å². The molecule has 1 aliphatic heterocycles. The number of piperazine rings is 1. The highest BCUT2D eigenvalue weighted by molar-refractivity contribution is 5.88. The Balaban J connectivity index is 1.64.